The van der Waals surface area contributed by atoms with Crippen molar-refractivity contribution in [2.45, 2.75) is 6.92 Å². The Labute approximate surface area is 202 Å². The number of benzene rings is 2. The first-order valence-corrected chi connectivity index (χ1v) is 12.3. The zero-order valence-electron chi connectivity index (χ0n) is 19.1. The van der Waals surface area contributed by atoms with Gasteiger partial charge in [0.15, 0.2) is 0 Å². The van der Waals surface area contributed by atoms with Crippen LogP contribution in [0.2, 0.25) is 0 Å². The highest BCUT2D eigenvalue weighted by molar-refractivity contribution is 8.18. The molecule has 2 aliphatic rings. The minimum absolute atomic E-state index is 0.345. The van der Waals surface area contributed by atoms with Crippen molar-refractivity contribution in [2.75, 3.05) is 45.9 Å². The molecule has 2 saturated heterocycles. The second-order valence-electron chi connectivity index (χ2n) is 8.34. The average Bonchev–Trinajstić information content (AvgIpc) is 3.41. The molecule has 9 heteroatoms. The summed E-state index contributed by atoms with van der Waals surface area (Å²) in [4.78, 5) is 33.2. The predicted molar refractivity (Wildman–Crippen MR) is 134 cm³/mol. The molecule has 3 aromatic rings. The third kappa shape index (κ3) is 5.01. The number of imidazole rings is 1. The zero-order valence-corrected chi connectivity index (χ0v) is 19.9. The Bertz CT molecular complexity index is 1250. The van der Waals surface area contributed by atoms with Gasteiger partial charge in [0, 0.05) is 38.8 Å². The lowest BCUT2D eigenvalue weighted by Crippen LogP contribution is -2.47. The number of thioether (sulfide) groups is 1. The first-order chi connectivity index (χ1) is 16.6. The van der Waals surface area contributed by atoms with Crippen molar-refractivity contribution < 1.29 is 14.3 Å². The lowest BCUT2D eigenvalue weighted by Gasteiger charge is -2.33. The number of hydrogen-bond acceptors (Lipinski definition) is 7. The van der Waals surface area contributed by atoms with Crippen molar-refractivity contribution >= 4 is 40.0 Å². The smallest absolute Gasteiger partial charge is 0.290 e. The molecule has 0 aliphatic carbocycles. The summed E-state index contributed by atoms with van der Waals surface area (Å²) in [7, 11) is 0. The highest BCUT2D eigenvalue weighted by Gasteiger charge is 2.25. The highest BCUT2D eigenvalue weighted by atomic mass is 32.2. The summed E-state index contributed by atoms with van der Waals surface area (Å²) in [5.74, 6) is 0.461. The van der Waals surface area contributed by atoms with E-state index in [1.165, 1.54) is 0 Å². The Balaban J connectivity index is 1.29. The van der Waals surface area contributed by atoms with Crippen LogP contribution < -0.4 is 10.1 Å². The molecule has 1 N–H and O–H groups in total. The van der Waals surface area contributed by atoms with Crippen LogP contribution in [0.15, 0.2) is 53.7 Å². The molecule has 2 aliphatic heterocycles. The number of nitrogens with zero attached hydrogens (tertiary/aromatic N) is 4. The summed E-state index contributed by atoms with van der Waals surface area (Å²) in [6.45, 7) is 9.32. The Morgan fingerprint density at radius 1 is 1.09 bits per heavy atom. The van der Waals surface area contributed by atoms with Crippen molar-refractivity contribution in [1.82, 2.24) is 24.7 Å². The van der Waals surface area contributed by atoms with Gasteiger partial charge in [-0.2, -0.15) is 0 Å². The van der Waals surface area contributed by atoms with Crippen LogP contribution in [0.5, 0.6) is 5.75 Å². The maximum Gasteiger partial charge on any atom is 0.290 e. The van der Waals surface area contributed by atoms with E-state index in [0.29, 0.717) is 11.5 Å². The summed E-state index contributed by atoms with van der Waals surface area (Å²) in [5, 5.41) is 1.94. The topological polar surface area (TPSA) is 79.7 Å². The zero-order chi connectivity index (χ0) is 23.5. The number of ether oxygens (including phenoxy) is 1. The van der Waals surface area contributed by atoms with Crippen LogP contribution >= 0.6 is 11.8 Å². The molecule has 3 heterocycles. The van der Waals surface area contributed by atoms with E-state index < -0.39 is 0 Å². The normalized spacial score (nSPS) is 18.7. The van der Waals surface area contributed by atoms with Crippen LogP contribution in [0.3, 0.4) is 0 Å². The number of likely N-dealkylation sites (N-methyl/N-ethyl adjacent to an activating group) is 1. The number of carbonyl (C=O) groups excluding carboxylic acids is 2. The summed E-state index contributed by atoms with van der Waals surface area (Å²) in [5.41, 5.74) is 3.54. The highest BCUT2D eigenvalue weighted by Crippen LogP contribution is 2.28. The number of carbonyl (C=O) groups is 2. The fraction of sp³-hybridized carbons (Fsp3) is 0.320. The molecule has 2 amide bonds. The Morgan fingerprint density at radius 3 is 2.68 bits per heavy atom. The molecule has 5 rings (SSSR count). The Morgan fingerprint density at radius 2 is 1.91 bits per heavy atom. The summed E-state index contributed by atoms with van der Waals surface area (Å²) in [6, 6.07) is 13.8. The number of rotatable bonds is 7. The van der Waals surface area contributed by atoms with E-state index >= 15 is 0 Å². The molecule has 8 nitrogen and oxygen atoms in total. The fourth-order valence-corrected chi connectivity index (χ4v) is 4.92. The predicted octanol–water partition coefficient (Wildman–Crippen LogP) is 3.37. The van der Waals surface area contributed by atoms with Crippen LogP contribution in [0.4, 0.5) is 4.79 Å². The van der Waals surface area contributed by atoms with Gasteiger partial charge in [0.25, 0.3) is 11.1 Å². The monoisotopic (exact) mass is 477 g/mol. The molecule has 2 fully saturated rings. The van der Waals surface area contributed by atoms with E-state index in [2.05, 4.69) is 27.0 Å². The van der Waals surface area contributed by atoms with Gasteiger partial charge in [-0.25, -0.2) is 4.98 Å². The number of nitrogens with one attached hydrogen (secondary N) is 1. The molecule has 0 unspecified atom stereocenters. The molecule has 1 aromatic heterocycles. The van der Waals surface area contributed by atoms with E-state index in [4.69, 9.17) is 4.74 Å². The molecular formula is C25H27N5O3S. The van der Waals surface area contributed by atoms with Crippen LogP contribution in [-0.4, -0.2) is 76.4 Å². The quantitative estimate of drug-likeness (QED) is 0.523. The first kappa shape index (κ1) is 22.6. The molecule has 0 atom stereocenters. The van der Waals surface area contributed by atoms with Crippen molar-refractivity contribution in [3.63, 3.8) is 0 Å². The molecule has 0 spiro atoms. The number of aromatic nitrogens is 2. The minimum Gasteiger partial charge on any atom is -0.492 e. The molecule has 0 bridgehead atoms. The summed E-state index contributed by atoms with van der Waals surface area (Å²) in [6.07, 6.45) is 3.51. The van der Waals surface area contributed by atoms with Crippen molar-refractivity contribution in [2.24, 2.45) is 0 Å². The summed E-state index contributed by atoms with van der Waals surface area (Å²) < 4.78 is 8.07. The first-order valence-electron chi connectivity index (χ1n) is 11.5. The Kier molecular flexibility index (Phi) is 6.66. The van der Waals surface area contributed by atoms with Gasteiger partial charge in [0.05, 0.1) is 21.6 Å². The molecular weight excluding hydrogens is 450 g/mol. The summed E-state index contributed by atoms with van der Waals surface area (Å²) >= 11 is 0.914. The fourth-order valence-electron chi connectivity index (χ4n) is 4.24. The van der Waals surface area contributed by atoms with Crippen molar-refractivity contribution in [3.05, 3.63) is 59.3 Å². The number of amides is 2. The van der Waals surface area contributed by atoms with Crippen molar-refractivity contribution in [3.8, 4) is 11.4 Å². The second kappa shape index (κ2) is 10.0. The average molecular weight is 478 g/mol. The van der Waals surface area contributed by atoms with E-state index in [0.717, 1.165) is 79.1 Å². The molecule has 0 radical (unpaired) electrons. The lowest BCUT2D eigenvalue weighted by molar-refractivity contribution is -0.115. The SMILES string of the molecule is CCN1CCN(CCOc2cccc(-n3cnc4ccc(/C=C5\SC(=O)NC5=O)cc43)c2)CC1. The van der Waals surface area contributed by atoms with Crippen LogP contribution in [0.1, 0.15) is 12.5 Å². The van der Waals surface area contributed by atoms with Gasteiger partial charge in [-0.3, -0.25) is 24.4 Å². The van der Waals surface area contributed by atoms with E-state index in [9.17, 15) is 9.59 Å². The van der Waals surface area contributed by atoms with E-state index in [1.807, 2.05) is 47.0 Å². The van der Waals surface area contributed by atoms with Crippen molar-refractivity contribution in [1.29, 1.82) is 0 Å². The van der Waals surface area contributed by atoms with Gasteiger partial charge in [0.1, 0.15) is 18.7 Å². The van der Waals surface area contributed by atoms with E-state index in [1.54, 1.807) is 12.4 Å². The second-order valence-corrected chi connectivity index (χ2v) is 9.35. The van der Waals surface area contributed by atoms with Gasteiger partial charge in [-0.15, -0.1) is 0 Å². The van der Waals surface area contributed by atoms with Gasteiger partial charge < -0.3 is 9.64 Å². The molecule has 34 heavy (non-hydrogen) atoms. The van der Waals surface area contributed by atoms with Gasteiger partial charge in [-0.1, -0.05) is 19.1 Å². The van der Waals surface area contributed by atoms with Crippen LogP contribution in [0.25, 0.3) is 22.8 Å². The van der Waals surface area contributed by atoms with Gasteiger partial charge in [0.2, 0.25) is 0 Å². The van der Waals surface area contributed by atoms with Crippen LogP contribution in [-0.2, 0) is 4.79 Å². The number of piperazine rings is 1. The van der Waals surface area contributed by atoms with Gasteiger partial charge >= 0.3 is 0 Å². The number of imide groups is 1. The third-order valence-electron chi connectivity index (χ3n) is 6.20. The van der Waals surface area contributed by atoms with Gasteiger partial charge in [-0.05, 0) is 54.2 Å². The van der Waals surface area contributed by atoms with E-state index in [-0.39, 0.29) is 11.1 Å². The molecule has 176 valence electrons. The largest absolute Gasteiger partial charge is 0.492 e. The number of hydrogen-bond donors (Lipinski definition) is 1. The molecule has 2 aromatic carbocycles. The minimum atomic E-state index is -0.360. The Hall–Kier alpha value is -3.14. The lowest BCUT2D eigenvalue weighted by atomic mass is 10.1. The molecule has 0 saturated carbocycles. The number of fused-ring (bicyclic) bond motifs is 1. The maximum absolute atomic E-state index is 11.9. The standard InChI is InChI=1S/C25H27N5O3S/c1-2-28-8-10-29(11-9-28)12-13-33-20-5-3-4-19(16-20)30-17-26-21-7-6-18(14-22(21)30)15-23-24(31)27-25(32)34-23/h3-7,14-17H,2,8-13H2,1H3,(H,27,31,32)/b23-15-. The van der Waals surface area contributed by atoms with Crippen LogP contribution in [0, 0.1) is 0 Å². The maximum atomic E-state index is 11.9. The third-order valence-corrected chi connectivity index (χ3v) is 7.01.